The monoisotopic (exact) mass is 244 g/mol. The molecule has 2 aromatic rings. The Bertz CT molecular complexity index is 587. The summed E-state index contributed by atoms with van der Waals surface area (Å²) in [7, 11) is 0. The zero-order chi connectivity index (χ0) is 13.0. The highest BCUT2D eigenvalue weighted by Gasteiger charge is 2.05. The summed E-state index contributed by atoms with van der Waals surface area (Å²) < 4.78 is 5.31. The highest BCUT2D eigenvalue weighted by Crippen LogP contribution is 2.11. The first-order valence-corrected chi connectivity index (χ1v) is 5.42. The van der Waals surface area contributed by atoms with Gasteiger partial charge in [0.05, 0.1) is 6.42 Å². The van der Waals surface area contributed by atoms with Gasteiger partial charge in [0.15, 0.2) is 0 Å². The summed E-state index contributed by atoms with van der Waals surface area (Å²) >= 11 is 0. The van der Waals surface area contributed by atoms with Crippen LogP contribution in [0, 0.1) is 6.92 Å². The van der Waals surface area contributed by atoms with E-state index in [1.165, 1.54) is 6.08 Å². The molecule has 0 atom stereocenters. The van der Waals surface area contributed by atoms with E-state index in [1.807, 2.05) is 31.2 Å². The van der Waals surface area contributed by atoms with Crippen LogP contribution < -0.4 is 0 Å². The lowest BCUT2D eigenvalue weighted by Gasteiger charge is -1.97. The summed E-state index contributed by atoms with van der Waals surface area (Å²) in [6.45, 7) is 2.01. The Morgan fingerprint density at radius 2 is 2.28 bits per heavy atom. The Labute approximate surface area is 104 Å². The van der Waals surface area contributed by atoms with Gasteiger partial charge in [0.2, 0.25) is 11.8 Å². The quantitative estimate of drug-likeness (QED) is 0.833. The number of hydrogen-bond donors (Lipinski definition) is 1. The molecule has 0 amide bonds. The van der Waals surface area contributed by atoms with E-state index < -0.39 is 5.97 Å². The Morgan fingerprint density at radius 3 is 3.00 bits per heavy atom. The van der Waals surface area contributed by atoms with Crippen molar-refractivity contribution in [1.82, 2.24) is 10.2 Å². The molecule has 1 N–H and O–H groups in total. The number of carbonyl (C=O) groups is 1. The average molecular weight is 244 g/mol. The van der Waals surface area contributed by atoms with Gasteiger partial charge in [0.25, 0.3) is 0 Å². The predicted molar refractivity (Wildman–Crippen MR) is 65.0 cm³/mol. The van der Waals surface area contributed by atoms with Gasteiger partial charge in [-0.05, 0) is 12.5 Å². The summed E-state index contributed by atoms with van der Waals surface area (Å²) in [5.41, 5.74) is 2.24. The molecule has 1 aromatic carbocycles. The van der Waals surface area contributed by atoms with E-state index >= 15 is 0 Å². The van der Waals surface area contributed by atoms with Gasteiger partial charge in [-0.15, -0.1) is 10.2 Å². The molecule has 5 heteroatoms. The lowest BCUT2D eigenvalue weighted by molar-refractivity contribution is -0.131. The van der Waals surface area contributed by atoms with E-state index in [-0.39, 0.29) is 5.89 Å². The van der Waals surface area contributed by atoms with E-state index in [0.717, 1.165) is 17.2 Å². The number of aromatic nitrogens is 2. The summed E-state index contributed by atoms with van der Waals surface area (Å²) in [5.74, 6) is -0.390. The number of benzene rings is 1. The smallest absolute Gasteiger partial charge is 0.328 e. The number of aryl methyl sites for hydroxylation is 1. The van der Waals surface area contributed by atoms with Crippen molar-refractivity contribution in [2.24, 2.45) is 0 Å². The molecule has 0 saturated carbocycles. The Hall–Kier alpha value is -2.43. The fourth-order valence-electron chi connectivity index (χ4n) is 1.54. The zero-order valence-corrected chi connectivity index (χ0v) is 9.83. The SMILES string of the molecule is Cc1cccc(Cc2nnc(/C=C/C(=O)O)o2)c1. The molecule has 0 saturated heterocycles. The molecule has 92 valence electrons. The number of carboxylic acid groups (broad SMARTS) is 1. The minimum Gasteiger partial charge on any atom is -0.478 e. The molecular formula is C13H12N2O3. The zero-order valence-electron chi connectivity index (χ0n) is 9.83. The van der Waals surface area contributed by atoms with Crippen LogP contribution in [-0.2, 0) is 11.2 Å². The second-order valence-corrected chi connectivity index (χ2v) is 3.87. The van der Waals surface area contributed by atoms with Crippen molar-refractivity contribution in [2.75, 3.05) is 0 Å². The van der Waals surface area contributed by atoms with E-state index in [4.69, 9.17) is 9.52 Å². The lowest BCUT2D eigenvalue weighted by atomic mass is 10.1. The molecule has 0 radical (unpaired) electrons. The lowest BCUT2D eigenvalue weighted by Crippen LogP contribution is -1.88. The van der Waals surface area contributed by atoms with Crippen molar-refractivity contribution in [3.05, 3.63) is 53.2 Å². The average Bonchev–Trinajstić information content (AvgIpc) is 2.74. The fraction of sp³-hybridized carbons (Fsp3) is 0.154. The molecule has 0 unspecified atom stereocenters. The maximum atomic E-state index is 10.3. The normalized spacial score (nSPS) is 10.9. The van der Waals surface area contributed by atoms with Crippen LogP contribution in [0.1, 0.15) is 22.9 Å². The number of carboxylic acids is 1. The number of rotatable bonds is 4. The van der Waals surface area contributed by atoms with Crippen molar-refractivity contribution in [1.29, 1.82) is 0 Å². The Morgan fingerprint density at radius 1 is 1.44 bits per heavy atom. The highest BCUT2D eigenvalue weighted by molar-refractivity contribution is 5.84. The number of hydrogen-bond acceptors (Lipinski definition) is 4. The van der Waals surface area contributed by atoms with Crippen LogP contribution in [-0.4, -0.2) is 21.3 Å². The first kappa shape index (κ1) is 12.0. The third-order valence-electron chi connectivity index (χ3n) is 2.29. The van der Waals surface area contributed by atoms with Crippen LogP contribution in [0.5, 0.6) is 0 Å². The summed E-state index contributed by atoms with van der Waals surface area (Å²) in [6.07, 6.45) is 2.77. The van der Waals surface area contributed by atoms with E-state index in [2.05, 4.69) is 10.2 Å². The van der Waals surface area contributed by atoms with Gasteiger partial charge in [-0.25, -0.2) is 4.79 Å². The summed E-state index contributed by atoms with van der Waals surface area (Å²) in [6, 6.07) is 7.99. The molecule has 1 heterocycles. The Kier molecular flexibility index (Phi) is 3.52. The summed E-state index contributed by atoms with van der Waals surface area (Å²) in [5, 5.41) is 16.1. The van der Waals surface area contributed by atoms with Crippen molar-refractivity contribution in [3.8, 4) is 0 Å². The Balaban J connectivity index is 2.09. The van der Waals surface area contributed by atoms with Gasteiger partial charge in [-0.1, -0.05) is 29.8 Å². The highest BCUT2D eigenvalue weighted by atomic mass is 16.4. The summed E-state index contributed by atoms with van der Waals surface area (Å²) in [4.78, 5) is 10.3. The number of nitrogens with zero attached hydrogens (tertiary/aromatic N) is 2. The van der Waals surface area contributed by atoms with Crippen LogP contribution in [0.15, 0.2) is 34.8 Å². The topological polar surface area (TPSA) is 76.2 Å². The van der Waals surface area contributed by atoms with Gasteiger partial charge in [-0.2, -0.15) is 0 Å². The molecular weight excluding hydrogens is 232 g/mol. The van der Waals surface area contributed by atoms with Crippen LogP contribution in [0.3, 0.4) is 0 Å². The molecule has 1 aromatic heterocycles. The fourth-order valence-corrected chi connectivity index (χ4v) is 1.54. The van der Waals surface area contributed by atoms with Gasteiger partial charge < -0.3 is 9.52 Å². The van der Waals surface area contributed by atoms with E-state index in [9.17, 15) is 4.79 Å². The second-order valence-electron chi connectivity index (χ2n) is 3.87. The van der Waals surface area contributed by atoms with Crippen LogP contribution in [0.25, 0.3) is 6.08 Å². The van der Waals surface area contributed by atoms with Gasteiger partial charge in [0, 0.05) is 12.2 Å². The molecule has 0 aliphatic heterocycles. The van der Waals surface area contributed by atoms with Gasteiger partial charge >= 0.3 is 5.97 Å². The number of aliphatic carboxylic acids is 1. The predicted octanol–water partition coefficient (Wildman–Crippen LogP) is 2.07. The third kappa shape index (κ3) is 3.28. The minimum absolute atomic E-state index is 0.194. The van der Waals surface area contributed by atoms with Gasteiger partial charge in [-0.3, -0.25) is 0 Å². The molecule has 0 bridgehead atoms. The van der Waals surface area contributed by atoms with E-state index in [0.29, 0.717) is 12.3 Å². The molecule has 0 fully saturated rings. The van der Waals surface area contributed by atoms with Gasteiger partial charge in [0.1, 0.15) is 0 Å². The standard InChI is InChI=1S/C13H12N2O3/c1-9-3-2-4-10(7-9)8-12-15-14-11(18-12)5-6-13(16)17/h2-7H,8H2,1H3,(H,16,17)/b6-5+. The van der Waals surface area contributed by atoms with E-state index in [1.54, 1.807) is 0 Å². The molecule has 5 nitrogen and oxygen atoms in total. The second kappa shape index (κ2) is 5.27. The molecule has 18 heavy (non-hydrogen) atoms. The molecule has 0 spiro atoms. The maximum absolute atomic E-state index is 10.3. The third-order valence-corrected chi connectivity index (χ3v) is 2.29. The van der Waals surface area contributed by atoms with Crippen molar-refractivity contribution in [3.63, 3.8) is 0 Å². The molecule has 2 rings (SSSR count). The molecule has 0 aliphatic carbocycles. The van der Waals surface area contributed by atoms with Crippen LogP contribution in [0.4, 0.5) is 0 Å². The van der Waals surface area contributed by atoms with Crippen molar-refractivity contribution < 1.29 is 14.3 Å². The first-order valence-electron chi connectivity index (χ1n) is 5.42. The largest absolute Gasteiger partial charge is 0.478 e. The van der Waals surface area contributed by atoms with Crippen LogP contribution >= 0.6 is 0 Å². The first-order chi connectivity index (χ1) is 8.63. The van der Waals surface area contributed by atoms with Crippen molar-refractivity contribution >= 4 is 12.0 Å². The molecule has 0 aliphatic rings. The van der Waals surface area contributed by atoms with Crippen LogP contribution in [0.2, 0.25) is 0 Å². The minimum atomic E-state index is -1.05. The van der Waals surface area contributed by atoms with Crippen molar-refractivity contribution in [2.45, 2.75) is 13.3 Å². The maximum Gasteiger partial charge on any atom is 0.328 e.